The molecule has 2 aliphatic heterocycles. The number of nitrogens with one attached hydrogen (secondary N) is 1. The van der Waals surface area contributed by atoms with Crippen LogP contribution >= 0.6 is 0 Å². The van der Waals surface area contributed by atoms with E-state index in [9.17, 15) is 14.0 Å². The van der Waals surface area contributed by atoms with Gasteiger partial charge >= 0.3 is 0 Å². The van der Waals surface area contributed by atoms with Gasteiger partial charge in [0.25, 0.3) is 0 Å². The molecular weight excluding hydrogens is 399 g/mol. The van der Waals surface area contributed by atoms with E-state index in [1.165, 1.54) is 12.1 Å². The molecule has 1 N–H and O–H groups in total. The van der Waals surface area contributed by atoms with Gasteiger partial charge in [-0.3, -0.25) is 9.59 Å². The lowest BCUT2D eigenvalue weighted by atomic mass is 9.73. The van der Waals surface area contributed by atoms with E-state index in [1.54, 1.807) is 24.0 Å². The molecule has 0 bridgehead atoms. The molecule has 3 rings (SSSR count). The van der Waals surface area contributed by atoms with Crippen LogP contribution < -0.4 is 5.32 Å². The maximum atomic E-state index is 13.6. The standard InChI is InChI=1S/C23H33FN4O3/c1-16(14-27(3)4)25-22(30)23(9-6-10-28(15-23)17(2)29)13-20-12-21(26-31-20)18-7-5-8-19(24)11-18/h5,7-8,11,16,20H,6,9-10,12-15H2,1-4H3,(H,25,30). The van der Waals surface area contributed by atoms with Crippen LogP contribution in [0.3, 0.4) is 0 Å². The van der Waals surface area contributed by atoms with E-state index in [0.29, 0.717) is 43.6 Å². The summed E-state index contributed by atoms with van der Waals surface area (Å²) in [4.78, 5) is 35.0. The van der Waals surface area contributed by atoms with Crippen LogP contribution in [0, 0.1) is 11.2 Å². The van der Waals surface area contributed by atoms with Crippen LogP contribution in [0.1, 0.15) is 45.1 Å². The zero-order valence-corrected chi connectivity index (χ0v) is 18.9. The summed E-state index contributed by atoms with van der Waals surface area (Å²) in [5, 5.41) is 7.31. The number of amides is 2. The molecule has 0 aromatic heterocycles. The third-order valence-electron chi connectivity index (χ3n) is 6.03. The predicted molar refractivity (Wildman–Crippen MR) is 117 cm³/mol. The molecule has 2 heterocycles. The van der Waals surface area contributed by atoms with Crippen molar-refractivity contribution < 1.29 is 18.8 Å². The van der Waals surface area contributed by atoms with Gasteiger partial charge in [-0.1, -0.05) is 17.3 Å². The zero-order valence-electron chi connectivity index (χ0n) is 18.9. The first-order valence-electron chi connectivity index (χ1n) is 10.9. The largest absolute Gasteiger partial charge is 0.392 e. The van der Waals surface area contributed by atoms with Crippen molar-refractivity contribution in [2.24, 2.45) is 10.6 Å². The highest BCUT2D eigenvalue weighted by Crippen LogP contribution is 2.38. The van der Waals surface area contributed by atoms with Crippen LogP contribution in [0.4, 0.5) is 4.39 Å². The van der Waals surface area contributed by atoms with Gasteiger partial charge in [-0.15, -0.1) is 0 Å². The molecular formula is C23H33FN4O3. The van der Waals surface area contributed by atoms with Crippen molar-refractivity contribution in [1.29, 1.82) is 0 Å². The summed E-state index contributed by atoms with van der Waals surface area (Å²) in [5.41, 5.74) is 0.636. The summed E-state index contributed by atoms with van der Waals surface area (Å²) in [6.45, 7) is 5.28. The number of oxime groups is 1. The second-order valence-corrected chi connectivity index (χ2v) is 9.15. The van der Waals surface area contributed by atoms with E-state index in [4.69, 9.17) is 4.84 Å². The van der Waals surface area contributed by atoms with E-state index in [-0.39, 0.29) is 29.8 Å². The van der Waals surface area contributed by atoms with Crippen molar-refractivity contribution in [3.05, 3.63) is 35.6 Å². The van der Waals surface area contributed by atoms with Gasteiger partial charge in [0.1, 0.15) is 11.9 Å². The van der Waals surface area contributed by atoms with E-state index < -0.39 is 5.41 Å². The average Bonchev–Trinajstić information content (AvgIpc) is 3.15. The van der Waals surface area contributed by atoms with Crippen LogP contribution in [-0.2, 0) is 14.4 Å². The van der Waals surface area contributed by atoms with Gasteiger partial charge in [-0.05, 0) is 46.0 Å². The minimum absolute atomic E-state index is 0.0179. The highest BCUT2D eigenvalue weighted by Gasteiger charge is 2.46. The van der Waals surface area contributed by atoms with Crippen LogP contribution in [0.2, 0.25) is 0 Å². The third-order valence-corrected chi connectivity index (χ3v) is 6.03. The first-order valence-corrected chi connectivity index (χ1v) is 10.9. The fourth-order valence-corrected chi connectivity index (χ4v) is 4.63. The van der Waals surface area contributed by atoms with Crippen molar-refractivity contribution >= 4 is 17.5 Å². The Morgan fingerprint density at radius 3 is 2.87 bits per heavy atom. The van der Waals surface area contributed by atoms with Gasteiger partial charge in [0.15, 0.2) is 0 Å². The zero-order chi connectivity index (χ0) is 22.6. The molecule has 0 spiro atoms. The Hall–Kier alpha value is -2.48. The van der Waals surface area contributed by atoms with Crippen molar-refractivity contribution in [1.82, 2.24) is 15.1 Å². The maximum Gasteiger partial charge on any atom is 0.228 e. The highest BCUT2D eigenvalue weighted by molar-refractivity contribution is 6.01. The Bertz CT molecular complexity index is 844. The van der Waals surface area contributed by atoms with Crippen molar-refractivity contribution in [2.45, 2.75) is 51.7 Å². The molecule has 0 aliphatic carbocycles. The number of rotatable bonds is 7. The number of carbonyl (C=O) groups excluding carboxylic acids is 2. The van der Waals surface area contributed by atoms with Crippen LogP contribution in [0.25, 0.3) is 0 Å². The number of likely N-dealkylation sites (tertiary alicyclic amines) is 1. The highest BCUT2D eigenvalue weighted by atomic mass is 19.1. The fraction of sp³-hybridized carbons (Fsp3) is 0.609. The SMILES string of the molecule is CC(=O)N1CCCC(CC2CC(c3cccc(F)c3)=NO2)(C(=O)NC(C)CN(C)C)C1. The lowest BCUT2D eigenvalue weighted by molar-refractivity contribution is -0.143. The van der Waals surface area contributed by atoms with Crippen molar-refractivity contribution in [3.8, 4) is 0 Å². The molecule has 7 nitrogen and oxygen atoms in total. The molecule has 170 valence electrons. The molecule has 1 saturated heterocycles. The summed E-state index contributed by atoms with van der Waals surface area (Å²) in [5.74, 6) is -0.392. The second-order valence-electron chi connectivity index (χ2n) is 9.15. The Morgan fingerprint density at radius 2 is 2.19 bits per heavy atom. The molecule has 31 heavy (non-hydrogen) atoms. The molecule has 0 radical (unpaired) electrons. The maximum absolute atomic E-state index is 13.6. The number of benzene rings is 1. The van der Waals surface area contributed by atoms with Gasteiger partial charge in [-0.2, -0.15) is 0 Å². The quantitative estimate of drug-likeness (QED) is 0.718. The van der Waals surface area contributed by atoms with Gasteiger partial charge in [0.2, 0.25) is 11.8 Å². The number of halogens is 1. The monoisotopic (exact) mass is 432 g/mol. The first-order chi connectivity index (χ1) is 14.7. The molecule has 2 amide bonds. The Morgan fingerprint density at radius 1 is 1.42 bits per heavy atom. The van der Waals surface area contributed by atoms with Gasteiger partial charge in [-0.25, -0.2) is 4.39 Å². The van der Waals surface area contributed by atoms with Gasteiger partial charge in [0.05, 0.1) is 11.1 Å². The van der Waals surface area contributed by atoms with E-state index in [2.05, 4.69) is 10.5 Å². The Kier molecular flexibility index (Phi) is 7.30. The van der Waals surface area contributed by atoms with Crippen molar-refractivity contribution in [2.75, 3.05) is 33.7 Å². The molecule has 0 saturated carbocycles. The predicted octanol–water partition coefficient (Wildman–Crippen LogP) is 2.40. The topological polar surface area (TPSA) is 74.2 Å². The lowest BCUT2D eigenvalue weighted by Crippen LogP contribution is -2.56. The number of piperidine rings is 1. The van der Waals surface area contributed by atoms with Gasteiger partial charge in [0, 0.05) is 51.0 Å². The summed E-state index contributed by atoms with van der Waals surface area (Å²) in [6.07, 6.45) is 2.12. The number of likely N-dealkylation sites (N-methyl/N-ethyl adjacent to an activating group) is 1. The molecule has 8 heteroatoms. The van der Waals surface area contributed by atoms with E-state index in [0.717, 1.165) is 13.0 Å². The van der Waals surface area contributed by atoms with E-state index in [1.807, 2.05) is 25.9 Å². The van der Waals surface area contributed by atoms with Gasteiger partial charge < -0.3 is 20.0 Å². The molecule has 1 aromatic carbocycles. The normalized spacial score (nSPS) is 24.5. The third kappa shape index (κ3) is 5.81. The number of nitrogens with zero attached hydrogens (tertiary/aromatic N) is 3. The average molecular weight is 433 g/mol. The van der Waals surface area contributed by atoms with Crippen LogP contribution in [-0.4, -0.2) is 73.2 Å². The van der Waals surface area contributed by atoms with Crippen LogP contribution in [0.5, 0.6) is 0 Å². The number of hydrogen-bond donors (Lipinski definition) is 1. The molecule has 1 aromatic rings. The molecule has 2 aliphatic rings. The number of carbonyl (C=O) groups is 2. The minimum atomic E-state index is -0.734. The summed E-state index contributed by atoms with van der Waals surface area (Å²) in [7, 11) is 3.93. The number of hydrogen-bond acceptors (Lipinski definition) is 5. The van der Waals surface area contributed by atoms with Crippen molar-refractivity contribution in [3.63, 3.8) is 0 Å². The first kappa shape index (κ1) is 23.2. The lowest BCUT2D eigenvalue weighted by Gasteiger charge is -2.42. The van der Waals surface area contributed by atoms with Crippen LogP contribution in [0.15, 0.2) is 29.4 Å². The Labute approximate surface area is 183 Å². The molecule has 1 fully saturated rings. The minimum Gasteiger partial charge on any atom is -0.392 e. The summed E-state index contributed by atoms with van der Waals surface area (Å²) in [6, 6.07) is 6.26. The fourth-order valence-electron chi connectivity index (χ4n) is 4.63. The molecule has 3 unspecified atom stereocenters. The Balaban J connectivity index is 1.74. The van der Waals surface area contributed by atoms with E-state index >= 15 is 0 Å². The molecule has 3 atom stereocenters. The summed E-state index contributed by atoms with van der Waals surface area (Å²) < 4.78 is 13.6. The summed E-state index contributed by atoms with van der Waals surface area (Å²) >= 11 is 0. The smallest absolute Gasteiger partial charge is 0.228 e. The second kappa shape index (κ2) is 9.77.